The van der Waals surface area contributed by atoms with Gasteiger partial charge in [-0.15, -0.1) is 0 Å². The number of carbonyl (C=O) groups excluding carboxylic acids is 1. The van der Waals surface area contributed by atoms with Gasteiger partial charge in [0.2, 0.25) is 5.91 Å². The molecule has 0 bridgehead atoms. The van der Waals surface area contributed by atoms with Crippen LogP contribution in [0.4, 0.5) is 17.1 Å². The van der Waals surface area contributed by atoms with E-state index in [1.54, 1.807) is 12.1 Å². The van der Waals surface area contributed by atoms with Crippen LogP contribution in [0.5, 0.6) is 0 Å². The number of nitro groups is 1. The van der Waals surface area contributed by atoms with Gasteiger partial charge in [0.25, 0.3) is 5.69 Å². The highest BCUT2D eigenvalue weighted by Gasteiger charge is 2.30. The Morgan fingerprint density at radius 3 is 2.75 bits per heavy atom. The van der Waals surface area contributed by atoms with Crippen LogP contribution in [0.1, 0.15) is 12.5 Å². The lowest BCUT2D eigenvalue weighted by atomic mass is 10.1. The summed E-state index contributed by atoms with van der Waals surface area (Å²) >= 11 is 0. The zero-order valence-electron chi connectivity index (χ0n) is 13.9. The van der Waals surface area contributed by atoms with Crippen molar-refractivity contribution in [1.82, 2.24) is 10.2 Å². The highest BCUT2D eigenvalue weighted by Crippen LogP contribution is 2.39. The summed E-state index contributed by atoms with van der Waals surface area (Å²) in [7, 11) is 0. The Bertz CT molecular complexity index is 641. The van der Waals surface area contributed by atoms with Crippen molar-refractivity contribution < 1.29 is 9.72 Å². The van der Waals surface area contributed by atoms with Crippen LogP contribution < -0.4 is 15.5 Å². The third kappa shape index (κ3) is 3.28. The monoisotopic (exact) mass is 333 g/mol. The fraction of sp³-hybridized carbons (Fsp3) is 0.562. The standard InChI is InChI=1S/C16H23N5O3/c1-2-17-15(22)11-19-7-9-20(10-8-19)16-12-5-6-18-13(12)3-4-14(16)21(23)24/h3-4,18H,2,5-11H2,1H3,(H,17,22). The minimum Gasteiger partial charge on any atom is -0.384 e. The van der Waals surface area contributed by atoms with Crippen molar-refractivity contribution >= 4 is 23.0 Å². The summed E-state index contributed by atoms with van der Waals surface area (Å²) in [5.41, 5.74) is 2.97. The van der Waals surface area contributed by atoms with E-state index in [2.05, 4.69) is 20.4 Å². The van der Waals surface area contributed by atoms with Gasteiger partial charge >= 0.3 is 0 Å². The van der Waals surface area contributed by atoms with E-state index in [1.165, 1.54) is 0 Å². The van der Waals surface area contributed by atoms with Gasteiger partial charge in [-0.25, -0.2) is 0 Å². The van der Waals surface area contributed by atoms with E-state index in [0.29, 0.717) is 26.2 Å². The van der Waals surface area contributed by atoms with Crippen molar-refractivity contribution in [2.45, 2.75) is 13.3 Å². The molecule has 1 saturated heterocycles. The van der Waals surface area contributed by atoms with Gasteiger partial charge in [0.05, 0.1) is 11.5 Å². The molecule has 2 aliphatic heterocycles. The molecule has 2 N–H and O–H groups in total. The number of fused-ring (bicyclic) bond motifs is 1. The third-order valence-corrected chi connectivity index (χ3v) is 4.58. The molecule has 0 unspecified atom stereocenters. The minimum atomic E-state index is -0.297. The number of piperazine rings is 1. The normalized spacial score (nSPS) is 17.3. The molecule has 1 aromatic rings. The lowest BCUT2D eigenvalue weighted by Gasteiger charge is -2.36. The number of nitro benzene ring substituents is 1. The van der Waals surface area contributed by atoms with Gasteiger partial charge in [0, 0.05) is 56.6 Å². The Morgan fingerprint density at radius 2 is 2.08 bits per heavy atom. The molecule has 0 aliphatic carbocycles. The first kappa shape index (κ1) is 16.5. The van der Waals surface area contributed by atoms with Gasteiger partial charge in [-0.05, 0) is 19.4 Å². The zero-order chi connectivity index (χ0) is 17.1. The molecule has 24 heavy (non-hydrogen) atoms. The summed E-state index contributed by atoms with van der Waals surface area (Å²) in [6.45, 7) is 6.58. The lowest BCUT2D eigenvalue weighted by molar-refractivity contribution is -0.384. The van der Waals surface area contributed by atoms with Crippen molar-refractivity contribution in [1.29, 1.82) is 0 Å². The van der Waals surface area contributed by atoms with Crippen LogP contribution in [0.2, 0.25) is 0 Å². The Balaban J connectivity index is 1.74. The molecule has 0 saturated carbocycles. The topological polar surface area (TPSA) is 90.8 Å². The summed E-state index contributed by atoms with van der Waals surface area (Å²) < 4.78 is 0. The summed E-state index contributed by atoms with van der Waals surface area (Å²) in [6.07, 6.45) is 0.811. The molecule has 1 amide bonds. The number of amides is 1. The molecule has 8 nitrogen and oxygen atoms in total. The molecule has 2 heterocycles. The fourth-order valence-electron chi connectivity index (χ4n) is 3.45. The number of rotatable bonds is 5. The molecule has 2 aliphatic rings. The summed E-state index contributed by atoms with van der Waals surface area (Å²) in [5, 5.41) is 17.5. The maximum atomic E-state index is 11.7. The smallest absolute Gasteiger partial charge is 0.292 e. The average Bonchev–Trinajstić information content (AvgIpc) is 3.03. The van der Waals surface area contributed by atoms with E-state index in [1.807, 2.05) is 6.92 Å². The predicted octanol–water partition coefficient (Wildman–Crippen LogP) is 0.821. The quantitative estimate of drug-likeness (QED) is 0.612. The zero-order valence-corrected chi connectivity index (χ0v) is 13.9. The van der Waals surface area contributed by atoms with E-state index in [-0.39, 0.29) is 16.5 Å². The van der Waals surface area contributed by atoms with Gasteiger partial charge < -0.3 is 15.5 Å². The van der Waals surface area contributed by atoms with E-state index < -0.39 is 0 Å². The van der Waals surface area contributed by atoms with E-state index in [9.17, 15) is 14.9 Å². The number of nitrogens with one attached hydrogen (secondary N) is 2. The van der Waals surface area contributed by atoms with Crippen LogP contribution in [0.3, 0.4) is 0 Å². The van der Waals surface area contributed by atoms with Crippen LogP contribution in [-0.4, -0.2) is 61.5 Å². The van der Waals surface area contributed by atoms with Crippen LogP contribution in [0.15, 0.2) is 12.1 Å². The SMILES string of the molecule is CCNC(=O)CN1CCN(c2c([N+](=O)[O-])ccc3c2CCN3)CC1. The average molecular weight is 333 g/mol. The first-order valence-electron chi connectivity index (χ1n) is 8.38. The van der Waals surface area contributed by atoms with Crippen LogP contribution in [0.25, 0.3) is 0 Å². The Morgan fingerprint density at radius 1 is 1.33 bits per heavy atom. The second kappa shape index (κ2) is 7.04. The highest BCUT2D eigenvalue weighted by molar-refractivity contribution is 5.79. The summed E-state index contributed by atoms with van der Waals surface area (Å²) in [5.74, 6) is 0.0294. The van der Waals surface area contributed by atoms with Gasteiger partial charge in [0.1, 0.15) is 5.69 Å². The number of carbonyl (C=O) groups is 1. The Hall–Kier alpha value is -2.35. The molecular weight excluding hydrogens is 310 g/mol. The molecule has 1 fully saturated rings. The molecule has 8 heteroatoms. The van der Waals surface area contributed by atoms with E-state index >= 15 is 0 Å². The fourth-order valence-corrected chi connectivity index (χ4v) is 3.45. The van der Waals surface area contributed by atoms with Crippen molar-refractivity contribution in [3.05, 3.63) is 27.8 Å². The second-order valence-electron chi connectivity index (χ2n) is 6.11. The number of benzene rings is 1. The Kier molecular flexibility index (Phi) is 4.84. The van der Waals surface area contributed by atoms with E-state index in [0.717, 1.165) is 43.0 Å². The van der Waals surface area contributed by atoms with Gasteiger partial charge in [-0.3, -0.25) is 19.8 Å². The largest absolute Gasteiger partial charge is 0.384 e. The Labute approximate surface area is 141 Å². The molecule has 0 atom stereocenters. The van der Waals surface area contributed by atoms with Gasteiger partial charge in [0.15, 0.2) is 0 Å². The number of hydrogen-bond donors (Lipinski definition) is 2. The summed E-state index contributed by atoms with van der Waals surface area (Å²) in [6, 6.07) is 3.39. The van der Waals surface area contributed by atoms with E-state index in [4.69, 9.17) is 0 Å². The van der Waals surface area contributed by atoms with Crippen molar-refractivity contribution in [3.8, 4) is 0 Å². The molecular formula is C16H23N5O3. The molecule has 0 radical (unpaired) electrons. The maximum absolute atomic E-state index is 11.7. The number of hydrogen-bond acceptors (Lipinski definition) is 6. The van der Waals surface area contributed by atoms with Gasteiger partial charge in [-0.1, -0.05) is 0 Å². The molecule has 1 aromatic carbocycles. The maximum Gasteiger partial charge on any atom is 0.292 e. The van der Waals surface area contributed by atoms with Crippen LogP contribution in [0, 0.1) is 10.1 Å². The number of anilines is 2. The molecule has 3 rings (SSSR count). The number of likely N-dealkylation sites (N-methyl/N-ethyl adjacent to an activating group) is 1. The number of nitrogens with zero attached hydrogens (tertiary/aromatic N) is 3. The minimum absolute atomic E-state index is 0.0294. The van der Waals surface area contributed by atoms with Crippen LogP contribution in [-0.2, 0) is 11.2 Å². The first-order valence-corrected chi connectivity index (χ1v) is 8.38. The predicted molar refractivity (Wildman–Crippen MR) is 92.6 cm³/mol. The highest BCUT2D eigenvalue weighted by atomic mass is 16.6. The third-order valence-electron chi connectivity index (χ3n) is 4.58. The van der Waals surface area contributed by atoms with Crippen molar-refractivity contribution in [2.75, 3.05) is 56.0 Å². The van der Waals surface area contributed by atoms with Crippen LogP contribution >= 0.6 is 0 Å². The molecule has 130 valence electrons. The summed E-state index contributed by atoms with van der Waals surface area (Å²) in [4.78, 5) is 27.0. The molecule has 0 spiro atoms. The van der Waals surface area contributed by atoms with Crippen molar-refractivity contribution in [2.24, 2.45) is 0 Å². The second-order valence-corrected chi connectivity index (χ2v) is 6.11. The lowest BCUT2D eigenvalue weighted by Crippen LogP contribution is -2.49. The van der Waals surface area contributed by atoms with Gasteiger partial charge in [-0.2, -0.15) is 0 Å². The molecule has 0 aromatic heterocycles. The van der Waals surface area contributed by atoms with Crippen molar-refractivity contribution in [3.63, 3.8) is 0 Å². The first-order chi connectivity index (χ1) is 11.6.